The fourth-order valence-corrected chi connectivity index (χ4v) is 7.28. The lowest BCUT2D eigenvalue weighted by Crippen LogP contribution is -2.54. The zero-order valence-electron chi connectivity index (χ0n) is 26.6. The van der Waals surface area contributed by atoms with Gasteiger partial charge in [0.2, 0.25) is 11.8 Å². The quantitative estimate of drug-likeness (QED) is 0.189. The normalized spacial score (nSPS) is 13.9. The molecule has 4 aromatic carbocycles. The SMILES string of the molecule is COc1cccc(CN(C(=O)CN(c2ccc(F)cc2)S(=O)(=O)c2ccc(C)cc2)C(Cc2ccccc2)C(=O)NC2CCCC2)c1. The topological polar surface area (TPSA) is 96.0 Å². The van der Waals surface area contributed by atoms with Crippen molar-refractivity contribution < 1.29 is 27.1 Å². The molecule has 0 bridgehead atoms. The Labute approximate surface area is 276 Å². The van der Waals surface area contributed by atoms with Gasteiger partial charge in [-0.25, -0.2) is 12.8 Å². The number of anilines is 1. The lowest BCUT2D eigenvalue weighted by molar-refractivity contribution is -0.140. The van der Waals surface area contributed by atoms with Gasteiger partial charge in [-0.15, -0.1) is 0 Å². The van der Waals surface area contributed by atoms with E-state index in [0.717, 1.165) is 53.2 Å². The molecule has 1 aliphatic rings. The van der Waals surface area contributed by atoms with Crippen LogP contribution in [0.1, 0.15) is 42.4 Å². The van der Waals surface area contributed by atoms with Gasteiger partial charge in [-0.1, -0.05) is 73.0 Å². The van der Waals surface area contributed by atoms with Crippen molar-refractivity contribution in [2.45, 2.75) is 62.6 Å². The molecule has 1 saturated carbocycles. The highest BCUT2D eigenvalue weighted by molar-refractivity contribution is 7.92. The van der Waals surface area contributed by atoms with E-state index >= 15 is 0 Å². The predicted molar refractivity (Wildman–Crippen MR) is 180 cm³/mol. The molecule has 1 aliphatic carbocycles. The van der Waals surface area contributed by atoms with Gasteiger partial charge in [-0.3, -0.25) is 13.9 Å². The van der Waals surface area contributed by atoms with Crippen LogP contribution in [-0.2, 0) is 32.6 Å². The molecule has 1 unspecified atom stereocenters. The number of sulfonamides is 1. The fraction of sp³-hybridized carbons (Fsp3) is 0.297. The smallest absolute Gasteiger partial charge is 0.264 e. The maximum Gasteiger partial charge on any atom is 0.264 e. The number of halogens is 1. The van der Waals surface area contributed by atoms with Gasteiger partial charge in [0.05, 0.1) is 17.7 Å². The Morgan fingerprint density at radius 3 is 2.21 bits per heavy atom. The van der Waals surface area contributed by atoms with Crippen molar-refractivity contribution in [2.75, 3.05) is 18.0 Å². The summed E-state index contributed by atoms with van der Waals surface area (Å²) in [5.74, 6) is -0.846. The standard InChI is InChI=1S/C37H40FN3O5S/c1-27-15-21-34(22-16-27)47(44,45)41(32-19-17-30(38)18-20-32)26-36(42)40(25-29-11-8-14-33(23-29)46-2)35(24-28-9-4-3-5-10-28)37(43)39-31-12-6-7-13-31/h3-5,8-11,14-23,31,35H,6-7,12-13,24-26H2,1-2H3,(H,39,43). The van der Waals surface area contributed by atoms with Crippen molar-refractivity contribution in [1.29, 1.82) is 0 Å². The third-order valence-corrected chi connectivity index (χ3v) is 10.3. The number of aryl methyl sites for hydroxylation is 1. The second-order valence-corrected chi connectivity index (χ2v) is 13.7. The molecule has 2 amide bonds. The molecule has 5 rings (SSSR count). The third-order valence-electron chi connectivity index (χ3n) is 8.46. The maximum atomic E-state index is 14.6. The zero-order valence-corrected chi connectivity index (χ0v) is 27.5. The van der Waals surface area contributed by atoms with Gasteiger partial charge in [-0.05, 0) is 79.4 Å². The number of rotatable bonds is 13. The van der Waals surface area contributed by atoms with Gasteiger partial charge in [0.15, 0.2) is 0 Å². The average molecular weight is 658 g/mol. The molecule has 1 fully saturated rings. The highest BCUT2D eigenvalue weighted by Crippen LogP contribution is 2.26. The van der Waals surface area contributed by atoms with Crippen LogP contribution in [-0.4, -0.2) is 50.9 Å². The number of hydrogen-bond acceptors (Lipinski definition) is 5. The van der Waals surface area contributed by atoms with E-state index in [1.165, 1.54) is 29.2 Å². The molecule has 0 saturated heterocycles. The van der Waals surface area contributed by atoms with Gasteiger partial charge in [0.1, 0.15) is 24.2 Å². The Morgan fingerprint density at radius 2 is 1.55 bits per heavy atom. The van der Waals surface area contributed by atoms with Gasteiger partial charge in [0.25, 0.3) is 10.0 Å². The van der Waals surface area contributed by atoms with E-state index in [-0.39, 0.29) is 35.5 Å². The Morgan fingerprint density at radius 1 is 0.894 bits per heavy atom. The van der Waals surface area contributed by atoms with Crippen molar-refractivity contribution >= 4 is 27.5 Å². The number of benzene rings is 4. The van der Waals surface area contributed by atoms with Gasteiger partial charge in [-0.2, -0.15) is 0 Å². The minimum Gasteiger partial charge on any atom is -0.497 e. The summed E-state index contributed by atoms with van der Waals surface area (Å²) in [6.45, 7) is 1.25. The fourth-order valence-electron chi connectivity index (χ4n) is 5.86. The number of nitrogens with one attached hydrogen (secondary N) is 1. The summed E-state index contributed by atoms with van der Waals surface area (Å²) in [5.41, 5.74) is 2.55. The van der Waals surface area contributed by atoms with Crippen molar-refractivity contribution in [3.63, 3.8) is 0 Å². The summed E-state index contributed by atoms with van der Waals surface area (Å²) in [4.78, 5) is 30.1. The first-order valence-electron chi connectivity index (χ1n) is 15.8. The van der Waals surface area contributed by atoms with Crippen LogP contribution in [0.3, 0.4) is 0 Å². The van der Waals surface area contributed by atoms with Crippen LogP contribution in [0.5, 0.6) is 5.75 Å². The second-order valence-electron chi connectivity index (χ2n) is 11.9. The van der Waals surface area contributed by atoms with Crippen LogP contribution in [0, 0.1) is 12.7 Å². The van der Waals surface area contributed by atoms with Crippen LogP contribution < -0.4 is 14.4 Å². The summed E-state index contributed by atoms with van der Waals surface area (Å²) in [6.07, 6.45) is 3.98. The van der Waals surface area contributed by atoms with Gasteiger partial charge < -0.3 is 15.0 Å². The lowest BCUT2D eigenvalue weighted by atomic mass is 10.0. The van der Waals surface area contributed by atoms with Crippen LogP contribution in [0.4, 0.5) is 10.1 Å². The van der Waals surface area contributed by atoms with Crippen molar-refractivity contribution in [1.82, 2.24) is 10.2 Å². The predicted octanol–water partition coefficient (Wildman–Crippen LogP) is 6.04. The van der Waals surface area contributed by atoms with E-state index < -0.39 is 34.3 Å². The Bertz CT molecular complexity index is 1760. The molecule has 246 valence electrons. The second kappa shape index (κ2) is 15.3. The summed E-state index contributed by atoms with van der Waals surface area (Å²) in [5, 5.41) is 3.16. The molecule has 47 heavy (non-hydrogen) atoms. The van der Waals surface area contributed by atoms with E-state index in [9.17, 15) is 22.4 Å². The van der Waals surface area contributed by atoms with E-state index in [0.29, 0.717) is 11.3 Å². The molecular formula is C37H40FN3O5S. The Balaban J connectivity index is 1.57. The van der Waals surface area contributed by atoms with Crippen LogP contribution in [0.2, 0.25) is 0 Å². The first-order valence-corrected chi connectivity index (χ1v) is 17.2. The summed E-state index contributed by atoms with van der Waals surface area (Å²) in [6, 6.07) is 27.0. The monoisotopic (exact) mass is 657 g/mol. The van der Waals surface area contributed by atoms with Crippen molar-refractivity contribution in [3.05, 3.63) is 126 Å². The third kappa shape index (κ3) is 8.56. The number of carbonyl (C=O) groups excluding carboxylic acids is 2. The van der Waals surface area contributed by atoms with E-state index in [2.05, 4.69) is 5.32 Å². The van der Waals surface area contributed by atoms with Crippen LogP contribution in [0.15, 0.2) is 108 Å². The largest absolute Gasteiger partial charge is 0.497 e. The summed E-state index contributed by atoms with van der Waals surface area (Å²) >= 11 is 0. The first kappa shape index (κ1) is 33.7. The molecule has 0 aromatic heterocycles. The van der Waals surface area contributed by atoms with E-state index in [1.54, 1.807) is 37.4 Å². The Hall–Kier alpha value is -4.70. The molecule has 1 N–H and O–H groups in total. The molecule has 0 heterocycles. The number of hydrogen-bond donors (Lipinski definition) is 1. The van der Waals surface area contributed by atoms with Crippen molar-refractivity contribution in [2.24, 2.45) is 0 Å². The van der Waals surface area contributed by atoms with E-state index in [4.69, 9.17) is 4.74 Å². The molecule has 8 nitrogen and oxygen atoms in total. The van der Waals surface area contributed by atoms with Crippen LogP contribution in [0.25, 0.3) is 0 Å². The molecule has 1 atom stereocenters. The Kier molecular flexibility index (Phi) is 10.9. The minimum absolute atomic E-state index is 0.00664. The number of methoxy groups -OCH3 is 1. The summed E-state index contributed by atoms with van der Waals surface area (Å²) in [7, 11) is -2.73. The lowest BCUT2D eigenvalue weighted by Gasteiger charge is -2.34. The van der Waals surface area contributed by atoms with Gasteiger partial charge in [0, 0.05) is 19.0 Å². The van der Waals surface area contributed by atoms with E-state index in [1.807, 2.05) is 43.3 Å². The van der Waals surface area contributed by atoms with Gasteiger partial charge >= 0.3 is 0 Å². The number of amides is 2. The minimum atomic E-state index is -4.28. The van der Waals surface area contributed by atoms with Crippen molar-refractivity contribution in [3.8, 4) is 5.75 Å². The molecule has 0 spiro atoms. The maximum absolute atomic E-state index is 14.6. The number of nitrogens with zero attached hydrogens (tertiary/aromatic N) is 2. The highest BCUT2D eigenvalue weighted by atomic mass is 32.2. The highest BCUT2D eigenvalue weighted by Gasteiger charge is 2.35. The summed E-state index contributed by atoms with van der Waals surface area (Å²) < 4.78 is 48.6. The first-order chi connectivity index (χ1) is 22.6. The van der Waals surface area contributed by atoms with Crippen LogP contribution >= 0.6 is 0 Å². The average Bonchev–Trinajstić information content (AvgIpc) is 3.59. The molecular weight excluding hydrogens is 617 g/mol. The molecule has 0 aliphatic heterocycles. The molecule has 0 radical (unpaired) electrons. The molecule has 4 aromatic rings. The number of ether oxygens (including phenoxy) is 1. The zero-order chi connectivity index (χ0) is 33.4. The number of carbonyl (C=O) groups is 2. The molecule has 10 heteroatoms.